The minimum atomic E-state index is 0.0534. The van der Waals surface area contributed by atoms with Gasteiger partial charge in [0.25, 0.3) is 0 Å². The number of amides is 1. The summed E-state index contributed by atoms with van der Waals surface area (Å²) in [4.78, 5) is 11.2. The molecular weight excluding hydrogens is 212 g/mol. The minimum absolute atomic E-state index is 0.0534. The molecule has 2 aliphatic rings. The maximum atomic E-state index is 11.2. The lowest BCUT2D eigenvalue weighted by molar-refractivity contribution is -0.122. The average Bonchev–Trinajstić information content (AvgIpc) is 3.01. The van der Waals surface area contributed by atoms with Crippen molar-refractivity contribution in [3.8, 4) is 0 Å². The fraction of sp³-hybridized carbons (Fsp3) is 0.273. The van der Waals surface area contributed by atoms with Crippen LogP contribution < -0.4 is 5.43 Å². The van der Waals surface area contributed by atoms with Crippen molar-refractivity contribution in [3.63, 3.8) is 0 Å². The Labute approximate surface area is 92.1 Å². The van der Waals surface area contributed by atoms with Gasteiger partial charge in [-0.25, -0.2) is 5.43 Å². The first-order chi connectivity index (χ1) is 7.25. The van der Waals surface area contributed by atoms with Crippen LogP contribution in [0.2, 0.25) is 5.02 Å². The van der Waals surface area contributed by atoms with Crippen LogP contribution in [0, 0.1) is 11.8 Å². The van der Waals surface area contributed by atoms with Crippen LogP contribution >= 0.6 is 11.6 Å². The Morgan fingerprint density at radius 2 is 2.00 bits per heavy atom. The topological polar surface area (TPSA) is 41.5 Å². The molecule has 0 spiro atoms. The van der Waals surface area contributed by atoms with E-state index < -0.39 is 0 Å². The Hall–Kier alpha value is -1.35. The zero-order valence-electron chi connectivity index (χ0n) is 7.90. The molecule has 3 nitrogen and oxygen atoms in total. The van der Waals surface area contributed by atoms with Gasteiger partial charge in [-0.1, -0.05) is 23.7 Å². The molecule has 1 saturated carbocycles. The summed E-state index contributed by atoms with van der Waals surface area (Å²) < 4.78 is 0. The average molecular weight is 221 g/mol. The molecule has 1 N–H and O–H groups in total. The highest BCUT2D eigenvalue weighted by Gasteiger charge is 2.49. The van der Waals surface area contributed by atoms with Gasteiger partial charge in [-0.05, 0) is 24.1 Å². The highest BCUT2D eigenvalue weighted by atomic mass is 35.5. The molecule has 3 rings (SSSR count). The lowest BCUT2D eigenvalue weighted by Gasteiger charge is -2.11. The Morgan fingerprint density at radius 1 is 1.27 bits per heavy atom. The number of hydrogen-bond acceptors (Lipinski definition) is 2. The van der Waals surface area contributed by atoms with Crippen molar-refractivity contribution in [1.29, 1.82) is 0 Å². The van der Waals surface area contributed by atoms with Crippen LogP contribution in [0.15, 0.2) is 29.4 Å². The monoisotopic (exact) mass is 220 g/mol. The van der Waals surface area contributed by atoms with Gasteiger partial charge in [-0.15, -0.1) is 0 Å². The van der Waals surface area contributed by atoms with Crippen molar-refractivity contribution >= 4 is 23.2 Å². The molecule has 0 saturated heterocycles. The predicted octanol–water partition coefficient (Wildman–Crippen LogP) is 1.81. The standard InChI is InChI=1S/C11H9ClN2O/c12-7-3-1-6(2-4-7)10-8-5-9(8)11(15)14-13-10/h1-4,8-9H,5H2,(H,14,15)/t8-,9+/m0/s1. The number of hydrazone groups is 1. The second-order valence-electron chi connectivity index (χ2n) is 3.93. The highest BCUT2D eigenvalue weighted by molar-refractivity contribution is 6.30. The van der Waals surface area contributed by atoms with Gasteiger partial charge in [0.2, 0.25) is 5.91 Å². The van der Waals surface area contributed by atoms with Gasteiger partial charge < -0.3 is 0 Å². The van der Waals surface area contributed by atoms with Crippen molar-refractivity contribution < 1.29 is 4.79 Å². The van der Waals surface area contributed by atoms with Crippen LogP contribution in [0.4, 0.5) is 0 Å². The van der Waals surface area contributed by atoms with E-state index in [-0.39, 0.29) is 11.8 Å². The van der Waals surface area contributed by atoms with E-state index in [0.717, 1.165) is 17.7 Å². The zero-order chi connectivity index (χ0) is 10.4. The number of carbonyl (C=O) groups excluding carboxylic acids is 1. The number of nitrogens with one attached hydrogen (secondary N) is 1. The van der Waals surface area contributed by atoms with Crippen molar-refractivity contribution in [2.24, 2.45) is 16.9 Å². The van der Waals surface area contributed by atoms with Crippen molar-refractivity contribution in [1.82, 2.24) is 5.43 Å². The Bertz CT molecular complexity index is 452. The molecule has 0 aromatic heterocycles. The maximum Gasteiger partial charge on any atom is 0.243 e. The van der Waals surface area contributed by atoms with E-state index in [9.17, 15) is 4.79 Å². The van der Waals surface area contributed by atoms with Gasteiger partial charge in [-0.3, -0.25) is 4.79 Å². The summed E-state index contributed by atoms with van der Waals surface area (Å²) in [6, 6.07) is 7.56. The molecule has 1 fully saturated rings. The SMILES string of the molecule is O=C1NN=C(c2ccc(Cl)cc2)[C@H]2C[C@@H]12. The Balaban J connectivity index is 1.95. The minimum Gasteiger partial charge on any atom is -0.273 e. The summed E-state index contributed by atoms with van der Waals surface area (Å²) >= 11 is 5.81. The molecule has 76 valence electrons. The van der Waals surface area contributed by atoms with Gasteiger partial charge >= 0.3 is 0 Å². The second kappa shape index (κ2) is 3.07. The highest BCUT2D eigenvalue weighted by Crippen LogP contribution is 2.43. The third-order valence-electron chi connectivity index (χ3n) is 2.90. The normalized spacial score (nSPS) is 27.8. The molecule has 2 atom stereocenters. The van der Waals surface area contributed by atoms with Gasteiger partial charge in [0.15, 0.2) is 0 Å². The van der Waals surface area contributed by atoms with E-state index in [1.165, 1.54) is 0 Å². The number of carbonyl (C=O) groups is 1. The van der Waals surface area contributed by atoms with Crippen LogP contribution in [-0.2, 0) is 4.79 Å². The molecule has 1 aliphatic carbocycles. The van der Waals surface area contributed by atoms with Crippen LogP contribution in [-0.4, -0.2) is 11.6 Å². The summed E-state index contributed by atoms with van der Waals surface area (Å²) in [6.07, 6.45) is 0.924. The molecule has 1 aromatic rings. The summed E-state index contributed by atoms with van der Waals surface area (Å²) in [5.74, 6) is 0.519. The van der Waals surface area contributed by atoms with Crippen LogP contribution in [0.3, 0.4) is 0 Å². The quantitative estimate of drug-likeness (QED) is 0.771. The van der Waals surface area contributed by atoms with Gasteiger partial charge in [-0.2, -0.15) is 5.10 Å². The Kier molecular flexibility index (Phi) is 1.83. The van der Waals surface area contributed by atoms with Crippen LogP contribution in [0.1, 0.15) is 12.0 Å². The molecule has 4 heteroatoms. The first kappa shape index (κ1) is 8.92. The van der Waals surface area contributed by atoms with Crippen molar-refractivity contribution in [3.05, 3.63) is 34.9 Å². The summed E-state index contributed by atoms with van der Waals surface area (Å²) in [6.45, 7) is 0. The molecule has 0 radical (unpaired) electrons. The largest absolute Gasteiger partial charge is 0.273 e. The fourth-order valence-corrected chi connectivity index (χ4v) is 2.09. The lowest BCUT2D eigenvalue weighted by atomic mass is 10.0. The smallest absolute Gasteiger partial charge is 0.243 e. The second-order valence-corrected chi connectivity index (χ2v) is 4.37. The number of rotatable bonds is 1. The number of nitrogens with zero attached hydrogens (tertiary/aromatic N) is 1. The van der Waals surface area contributed by atoms with Gasteiger partial charge in [0, 0.05) is 16.9 Å². The van der Waals surface area contributed by atoms with E-state index in [0.29, 0.717) is 10.9 Å². The first-order valence-electron chi connectivity index (χ1n) is 4.89. The zero-order valence-corrected chi connectivity index (χ0v) is 8.66. The van der Waals surface area contributed by atoms with E-state index >= 15 is 0 Å². The van der Waals surface area contributed by atoms with E-state index in [4.69, 9.17) is 11.6 Å². The van der Waals surface area contributed by atoms with Gasteiger partial charge in [0.05, 0.1) is 5.71 Å². The van der Waals surface area contributed by atoms with Crippen molar-refractivity contribution in [2.75, 3.05) is 0 Å². The number of halogens is 1. The molecule has 15 heavy (non-hydrogen) atoms. The molecule has 1 aliphatic heterocycles. The summed E-state index contributed by atoms with van der Waals surface area (Å²) in [5.41, 5.74) is 4.58. The maximum absolute atomic E-state index is 11.2. The molecule has 0 bridgehead atoms. The van der Waals surface area contributed by atoms with Crippen LogP contribution in [0.5, 0.6) is 0 Å². The van der Waals surface area contributed by atoms with E-state index in [1.54, 1.807) is 0 Å². The first-order valence-corrected chi connectivity index (χ1v) is 5.27. The lowest BCUT2D eigenvalue weighted by Crippen LogP contribution is -2.28. The third kappa shape index (κ3) is 1.43. The molecule has 1 heterocycles. The molecule has 1 amide bonds. The van der Waals surface area contributed by atoms with E-state index in [1.807, 2.05) is 24.3 Å². The fourth-order valence-electron chi connectivity index (χ4n) is 1.97. The predicted molar refractivity (Wildman–Crippen MR) is 57.7 cm³/mol. The summed E-state index contributed by atoms with van der Waals surface area (Å²) in [5, 5.41) is 4.82. The van der Waals surface area contributed by atoms with E-state index in [2.05, 4.69) is 10.5 Å². The summed E-state index contributed by atoms with van der Waals surface area (Å²) in [7, 11) is 0. The van der Waals surface area contributed by atoms with Crippen LogP contribution in [0.25, 0.3) is 0 Å². The van der Waals surface area contributed by atoms with Gasteiger partial charge in [0.1, 0.15) is 0 Å². The molecule has 1 aromatic carbocycles. The van der Waals surface area contributed by atoms with Crippen molar-refractivity contribution in [2.45, 2.75) is 6.42 Å². The molecular formula is C11H9ClN2O. The Morgan fingerprint density at radius 3 is 2.73 bits per heavy atom. The number of hydrogen-bond donors (Lipinski definition) is 1. The number of benzene rings is 1. The third-order valence-corrected chi connectivity index (χ3v) is 3.16. The number of fused-ring (bicyclic) bond motifs is 1. The molecule has 0 unspecified atom stereocenters.